The molecule has 5 nitrogen and oxygen atoms in total. The molecule has 0 aliphatic carbocycles. The highest BCUT2D eigenvalue weighted by atomic mass is 127. The van der Waals surface area contributed by atoms with Gasteiger partial charge in [0.25, 0.3) is 0 Å². The number of hydrogen-bond donors (Lipinski definition) is 2. The molecule has 0 fully saturated rings. The van der Waals surface area contributed by atoms with Crippen LogP contribution in [0.4, 0.5) is 5.69 Å². The lowest BCUT2D eigenvalue weighted by Crippen LogP contribution is -2.45. The SMILES string of the molecule is O=C(Nc1ccc(I)cc1)[C@@H](Cc1ccccc1)NS(=O)(=O)c1cc(Cl)ccc1Cl. The topological polar surface area (TPSA) is 75.3 Å². The van der Waals surface area contributed by atoms with Crippen LogP contribution in [-0.4, -0.2) is 20.4 Å². The molecule has 3 rings (SSSR count). The molecule has 0 saturated heterocycles. The Kier molecular flexibility index (Phi) is 7.75. The molecule has 0 radical (unpaired) electrons. The second-order valence-corrected chi connectivity index (χ2v) is 10.2. The van der Waals surface area contributed by atoms with E-state index in [1.807, 2.05) is 42.5 Å². The smallest absolute Gasteiger partial charge is 0.242 e. The molecule has 1 atom stereocenters. The summed E-state index contributed by atoms with van der Waals surface area (Å²) < 4.78 is 29.4. The number of nitrogens with one attached hydrogen (secondary N) is 2. The summed E-state index contributed by atoms with van der Waals surface area (Å²) in [6.45, 7) is 0. The van der Waals surface area contributed by atoms with Gasteiger partial charge in [-0.3, -0.25) is 4.79 Å². The fourth-order valence-electron chi connectivity index (χ4n) is 2.73. The molecule has 1 amide bonds. The number of carbonyl (C=O) groups excluding carboxylic acids is 1. The van der Waals surface area contributed by atoms with Crippen LogP contribution in [0.3, 0.4) is 0 Å². The quantitative estimate of drug-likeness (QED) is 0.384. The van der Waals surface area contributed by atoms with E-state index in [1.54, 1.807) is 12.1 Å². The first kappa shape index (κ1) is 23.0. The van der Waals surface area contributed by atoms with E-state index in [1.165, 1.54) is 18.2 Å². The fraction of sp³-hybridized carbons (Fsp3) is 0.0952. The average molecular weight is 575 g/mol. The molecule has 0 saturated carbocycles. The number of benzene rings is 3. The molecule has 0 unspecified atom stereocenters. The average Bonchev–Trinajstić information content (AvgIpc) is 2.71. The molecule has 2 N–H and O–H groups in total. The van der Waals surface area contributed by atoms with Gasteiger partial charge in [0.1, 0.15) is 10.9 Å². The third-order valence-electron chi connectivity index (χ3n) is 4.19. The molecule has 156 valence electrons. The van der Waals surface area contributed by atoms with Crippen molar-refractivity contribution in [2.75, 3.05) is 5.32 Å². The number of anilines is 1. The second kappa shape index (κ2) is 10.1. The standard InChI is InChI=1S/C21H17Cl2IN2O3S/c22-15-6-11-18(23)20(13-15)30(28,29)26-19(12-14-4-2-1-3-5-14)21(27)25-17-9-7-16(24)8-10-17/h1-11,13,19,26H,12H2,(H,25,27)/t19-/m1/s1. The summed E-state index contributed by atoms with van der Waals surface area (Å²) in [7, 11) is -4.11. The van der Waals surface area contributed by atoms with Crippen LogP contribution in [0, 0.1) is 3.57 Å². The Hall–Kier alpha value is -1.65. The number of carbonyl (C=O) groups is 1. The van der Waals surface area contributed by atoms with E-state index in [0.717, 1.165) is 9.13 Å². The van der Waals surface area contributed by atoms with Crippen LogP contribution in [0.5, 0.6) is 0 Å². The summed E-state index contributed by atoms with van der Waals surface area (Å²) in [5.74, 6) is -0.484. The van der Waals surface area contributed by atoms with Crippen LogP contribution in [0.2, 0.25) is 10.0 Å². The molecule has 3 aromatic rings. The van der Waals surface area contributed by atoms with E-state index >= 15 is 0 Å². The van der Waals surface area contributed by atoms with Gasteiger partial charge in [-0.25, -0.2) is 8.42 Å². The van der Waals surface area contributed by atoms with Gasteiger partial charge in [-0.05, 0) is 77.0 Å². The Labute approximate surface area is 199 Å². The highest BCUT2D eigenvalue weighted by Crippen LogP contribution is 2.25. The molecule has 9 heteroatoms. The maximum Gasteiger partial charge on any atom is 0.242 e. The zero-order valence-electron chi connectivity index (χ0n) is 15.5. The summed E-state index contributed by atoms with van der Waals surface area (Å²) in [6.07, 6.45) is 0.161. The molecular weight excluding hydrogens is 558 g/mol. The second-order valence-electron chi connectivity index (χ2n) is 6.43. The van der Waals surface area contributed by atoms with Crippen molar-refractivity contribution in [3.05, 3.63) is 92.0 Å². The van der Waals surface area contributed by atoms with Gasteiger partial charge in [-0.2, -0.15) is 4.72 Å². The number of hydrogen-bond acceptors (Lipinski definition) is 3. The Morgan fingerprint density at radius 3 is 2.30 bits per heavy atom. The minimum absolute atomic E-state index is 0.0170. The zero-order chi connectivity index (χ0) is 21.7. The lowest BCUT2D eigenvalue weighted by atomic mass is 10.1. The Morgan fingerprint density at radius 1 is 0.967 bits per heavy atom. The van der Waals surface area contributed by atoms with Gasteiger partial charge in [0.2, 0.25) is 15.9 Å². The van der Waals surface area contributed by atoms with Crippen LogP contribution < -0.4 is 10.0 Å². The van der Waals surface area contributed by atoms with Crippen LogP contribution in [0.1, 0.15) is 5.56 Å². The summed E-state index contributed by atoms with van der Waals surface area (Å²) >= 11 is 14.2. The van der Waals surface area contributed by atoms with Crippen molar-refractivity contribution in [2.45, 2.75) is 17.4 Å². The molecule has 0 bridgehead atoms. The maximum absolute atomic E-state index is 13.0. The number of amides is 1. The zero-order valence-corrected chi connectivity index (χ0v) is 20.0. The number of sulfonamides is 1. The van der Waals surface area contributed by atoms with Crippen LogP contribution in [0.15, 0.2) is 77.7 Å². The van der Waals surface area contributed by atoms with Gasteiger partial charge >= 0.3 is 0 Å². The van der Waals surface area contributed by atoms with Gasteiger partial charge in [0.05, 0.1) is 5.02 Å². The Bertz CT molecular complexity index is 1140. The fourth-order valence-corrected chi connectivity index (χ4v) is 5.05. The minimum atomic E-state index is -4.11. The van der Waals surface area contributed by atoms with Gasteiger partial charge in [-0.1, -0.05) is 53.5 Å². The van der Waals surface area contributed by atoms with Crippen molar-refractivity contribution in [1.29, 1.82) is 0 Å². The van der Waals surface area contributed by atoms with Gasteiger partial charge in [0.15, 0.2) is 0 Å². The van der Waals surface area contributed by atoms with E-state index in [0.29, 0.717) is 5.69 Å². The van der Waals surface area contributed by atoms with Crippen molar-refractivity contribution in [1.82, 2.24) is 4.72 Å². The molecule has 3 aromatic carbocycles. The molecule has 0 heterocycles. The largest absolute Gasteiger partial charge is 0.325 e. The molecule has 0 aliphatic heterocycles. The first-order valence-corrected chi connectivity index (χ1v) is 12.1. The first-order chi connectivity index (χ1) is 14.2. The van der Waals surface area contributed by atoms with Gasteiger partial charge < -0.3 is 5.32 Å². The number of halogens is 3. The lowest BCUT2D eigenvalue weighted by molar-refractivity contribution is -0.117. The van der Waals surface area contributed by atoms with Crippen LogP contribution in [0.25, 0.3) is 0 Å². The summed E-state index contributed by atoms with van der Waals surface area (Å²) in [4.78, 5) is 12.8. The summed E-state index contributed by atoms with van der Waals surface area (Å²) in [5, 5.41) is 3.00. The van der Waals surface area contributed by atoms with Crippen molar-refractivity contribution in [3.63, 3.8) is 0 Å². The van der Waals surface area contributed by atoms with E-state index < -0.39 is 22.0 Å². The lowest BCUT2D eigenvalue weighted by Gasteiger charge is -2.19. The molecule has 0 spiro atoms. The van der Waals surface area contributed by atoms with Gasteiger partial charge in [0, 0.05) is 14.3 Å². The Balaban J connectivity index is 1.89. The van der Waals surface area contributed by atoms with Crippen LogP contribution in [-0.2, 0) is 21.2 Å². The first-order valence-electron chi connectivity index (χ1n) is 8.82. The minimum Gasteiger partial charge on any atom is -0.325 e. The Morgan fingerprint density at radius 2 is 1.63 bits per heavy atom. The number of rotatable bonds is 7. The van der Waals surface area contributed by atoms with Crippen molar-refractivity contribution in [3.8, 4) is 0 Å². The highest BCUT2D eigenvalue weighted by Gasteiger charge is 2.28. The predicted molar refractivity (Wildman–Crippen MR) is 129 cm³/mol. The monoisotopic (exact) mass is 574 g/mol. The van der Waals surface area contributed by atoms with E-state index in [-0.39, 0.29) is 21.4 Å². The molecule has 0 aromatic heterocycles. The highest BCUT2D eigenvalue weighted by molar-refractivity contribution is 14.1. The third kappa shape index (κ3) is 6.18. The van der Waals surface area contributed by atoms with Crippen molar-refractivity contribution < 1.29 is 13.2 Å². The molecule has 30 heavy (non-hydrogen) atoms. The van der Waals surface area contributed by atoms with Crippen molar-refractivity contribution >= 4 is 67.4 Å². The summed E-state index contributed by atoms with van der Waals surface area (Å²) in [6, 6.07) is 19.4. The van der Waals surface area contributed by atoms with E-state index in [4.69, 9.17) is 23.2 Å². The van der Waals surface area contributed by atoms with E-state index in [9.17, 15) is 13.2 Å². The van der Waals surface area contributed by atoms with Crippen molar-refractivity contribution in [2.24, 2.45) is 0 Å². The maximum atomic E-state index is 13.0. The van der Waals surface area contributed by atoms with E-state index in [2.05, 4.69) is 32.6 Å². The molecule has 0 aliphatic rings. The predicted octanol–water partition coefficient (Wildman–Crippen LogP) is 5.13. The molecular formula is C21H17Cl2IN2O3S. The van der Waals surface area contributed by atoms with Gasteiger partial charge in [-0.15, -0.1) is 0 Å². The summed E-state index contributed by atoms with van der Waals surface area (Å²) in [5.41, 5.74) is 1.37. The normalized spacial score (nSPS) is 12.4. The van der Waals surface area contributed by atoms with Crippen LogP contribution >= 0.6 is 45.8 Å². The third-order valence-corrected chi connectivity index (χ3v) is 7.10.